The summed E-state index contributed by atoms with van der Waals surface area (Å²) in [4.78, 5) is 22.6. The van der Waals surface area contributed by atoms with E-state index in [4.69, 9.17) is 5.11 Å². The molecule has 0 fully saturated rings. The first-order valence-electron chi connectivity index (χ1n) is 5.50. The Kier molecular flexibility index (Phi) is 6.01. The van der Waals surface area contributed by atoms with Crippen molar-refractivity contribution in [1.82, 2.24) is 0 Å². The Morgan fingerprint density at radius 1 is 1.05 bits per heavy atom. The van der Waals surface area contributed by atoms with Crippen molar-refractivity contribution in [3.8, 4) is 5.75 Å². The van der Waals surface area contributed by atoms with Crippen LogP contribution in [-0.4, -0.2) is 59.8 Å². The third kappa shape index (κ3) is 3.96. The number of aromatic hydroxyl groups is 1. The fourth-order valence-corrected chi connectivity index (χ4v) is 1.58. The quantitative estimate of drug-likeness (QED) is 0.758. The molecule has 2 aromatic carbocycles. The van der Waals surface area contributed by atoms with Crippen LogP contribution < -0.4 is 5.32 Å². The molecule has 5 nitrogen and oxygen atoms in total. The Bertz CT molecular complexity index is 638. The van der Waals surface area contributed by atoms with Crippen LogP contribution in [0.3, 0.4) is 0 Å². The minimum atomic E-state index is -1.22. The summed E-state index contributed by atoms with van der Waals surface area (Å²) in [5.41, 5.74) is 0.596. The summed E-state index contributed by atoms with van der Waals surface area (Å²) in [6, 6.07) is 12.4. The van der Waals surface area contributed by atoms with E-state index in [2.05, 4.69) is 5.32 Å². The molecule has 3 N–H and O–H groups in total. The van der Waals surface area contributed by atoms with Gasteiger partial charge in [0.1, 0.15) is 11.3 Å². The van der Waals surface area contributed by atoms with Crippen molar-refractivity contribution in [3.05, 3.63) is 59.7 Å². The number of carbonyl (C=O) groups is 2. The van der Waals surface area contributed by atoms with Gasteiger partial charge < -0.3 is 18.4 Å². The molecular formula is C14H13CaNO4. The van der Waals surface area contributed by atoms with E-state index in [1.54, 1.807) is 30.3 Å². The second-order valence-corrected chi connectivity index (χ2v) is 3.86. The van der Waals surface area contributed by atoms with E-state index in [0.717, 1.165) is 0 Å². The van der Waals surface area contributed by atoms with Crippen molar-refractivity contribution in [1.29, 1.82) is 0 Å². The molecule has 1 amide bonds. The Morgan fingerprint density at radius 3 is 2.25 bits per heavy atom. The zero-order valence-electron chi connectivity index (χ0n) is 12.5. The predicted octanol–water partition coefficient (Wildman–Crippen LogP) is 2.19. The zero-order chi connectivity index (χ0) is 13.8. The second-order valence-electron chi connectivity index (χ2n) is 3.86. The summed E-state index contributed by atoms with van der Waals surface area (Å²) < 4.78 is 0. The molecule has 2 aromatic rings. The molecule has 0 heterocycles. The third-order valence-electron chi connectivity index (χ3n) is 2.52. The summed E-state index contributed by atoms with van der Waals surface area (Å²) in [5, 5.41) is 20.9. The number of carboxylic acid groups (broad SMARTS) is 1. The van der Waals surface area contributed by atoms with Gasteiger partial charge >= 0.3 is 43.7 Å². The number of aromatic carboxylic acids is 1. The summed E-state index contributed by atoms with van der Waals surface area (Å²) >= 11 is 0. The van der Waals surface area contributed by atoms with E-state index < -0.39 is 11.7 Å². The molecule has 0 spiro atoms. The number of carboxylic acids is 1. The van der Waals surface area contributed by atoms with E-state index in [1.165, 1.54) is 18.2 Å². The molecule has 100 valence electrons. The van der Waals surface area contributed by atoms with Gasteiger partial charge in [0, 0.05) is 17.3 Å². The summed E-state index contributed by atoms with van der Waals surface area (Å²) in [6.07, 6.45) is 0. The Balaban J connectivity index is 0. The fourth-order valence-electron chi connectivity index (χ4n) is 1.58. The van der Waals surface area contributed by atoms with Crippen LogP contribution in [0, 0.1) is 0 Å². The van der Waals surface area contributed by atoms with E-state index in [9.17, 15) is 14.7 Å². The average molecular weight is 299 g/mol. The molecule has 0 aliphatic rings. The van der Waals surface area contributed by atoms with Crippen LogP contribution in [0.15, 0.2) is 48.5 Å². The third-order valence-corrected chi connectivity index (χ3v) is 2.52. The molecule has 2 rings (SSSR count). The molecule has 0 unspecified atom stereocenters. The Morgan fingerprint density at radius 2 is 1.70 bits per heavy atom. The second kappa shape index (κ2) is 7.28. The van der Waals surface area contributed by atoms with Crippen molar-refractivity contribution >= 4 is 55.3 Å². The molecule has 0 aliphatic heterocycles. The van der Waals surface area contributed by atoms with E-state index in [-0.39, 0.29) is 52.1 Å². The molecule has 0 aliphatic carbocycles. The zero-order valence-corrected chi connectivity index (χ0v) is 12.7. The van der Waals surface area contributed by atoms with Crippen LogP contribution in [0.4, 0.5) is 5.69 Å². The number of anilines is 1. The smallest absolute Gasteiger partial charge is 1.00 e. The van der Waals surface area contributed by atoms with Crippen LogP contribution >= 0.6 is 0 Å². The molecule has 6 heteroatoms. The number of nitrogens with one attached hydrogen (secondary N) is 1. The van der Waals surface area contributed by atoms with Gasteiger partial charge in [0.05, 0.1) is 0 Å². The average Bonchev–Trinajstić information content (AvgIpc) is 2.39. The van der Waals surface area contributed by atoms with Gasteiger partial charge in [-0.15, -0.1) is 0 Å². The minimum absolute atomic E-state index is 0. The van der Waals surface area contributed by atoms with E-state index in [0.29, 0.717) is 11.3 Å². The predicted molar refractivity (Wildman–Crippen MR) is 77.4 cm³/mol. The first kappa shape index (κ1) is 16.5. The molecule has 0 saturated heterocycles. The van der Waals surface area contributed by atoms with Crippen LogP contribution in [0.25, 0.3) is 0 Å². The maximum absolute atomic E-state index is 11.8. The van der Waals surface area contributed by atoms with Crippen LogP contribution in [-0.2, 0) is 0 Å². The summed E-state index contributed by atoms with van der Waals surface area (Å²) in [5.74, 6) is -1.94. The number of amides is 1. The SMILES string of the molecule is O=C(Nc1ccc(C(=O)O)c(O)c1)c1ccccc1.[Ca+2].[H-].[H-]. The number of rotatable bonds is 3. The Labute approximate surface area is 148 Å². The summed E-state index contributed by atoms with van der Waals surface area (Å²) in [6.45, 7) is 0. The normalized spacial score (nSPS) is 9.40. The fraction of sp³-hybridized carbons (Fsp3) is 0. The Hall–Kier alpha value is -1.56. The monoisotopic (exact) mass is 299 g/mol. The number of hydrogen-bond donors (Lipinski definition) is 3. The van der Waals surface area contributed by atoms with Gasteiger partial charge in [0.2, 0.25) is 0 Å². The van der Waals surface area contributed by atoms with Crippen LogP contribution in [0.1, 0.15) is 23.6 Å². The van der Waals surface area contributed by atoms with Crippen molar-refractivity contribution in [2.75, 3.05) is 5.32 Å². The maximum atomic E-state index is 11.8. The van der Waals surface area contributed by atoms with Gasteiger partial charge in [-0.3, -0.25) is 4.79 Å². The number of benzene rings is 2. The van der Waals surface area contributed by atoms with Crippen molar-refractivity contribution in [3.63, 3.8) is 0 Å². The molecule has 0 atom stereocenters. The number of carbonyl (C=O) groups excluding carboxylic acids is 1. The number of hydrogen-bond acceptors (Lipinski definition) is 3. The van der Waals surface area contributed by atoms with Gasteiger partial charge in [-0.25, -0.2) is 4.79 Å². The molecule has 0 saturated carbocycles. The molecule has 0 bridgehead atoms. The van der Waals surface area contributed by atoms with Crippen molar-refractivity contribution in [2.24, 2.45) is 0 Å². The first-order valence-corrected chi connectivity index (χ1v) is 5.50. The van der Waals surface area contributed by atoms with Gasteiger partial charge in [-0.05, 0) is 24.3 Å². The van der Waals surface area contributed by atoms with Gasteiger partial charge in [-0.2, -0.15) is 0 Å². The van der Waals surface area contributed by atoms with Gasteiger partial charge in [0.25, 0.3) is 5.91 Å². The van der Waals surface area contributed by atoms with Crippen molar-refractivity contribution in [2.45, 2.75) is 0 Å². The molecule has 0 aromatic heterocycles. The molecule has 0 radical (unpaired) electrons. The number of phenols is 1. The van der Waals surface area contributed by atoms with Gasteiger partial charge in [0.15, 0.2) is 0 Å². The summed E-state index contributed by atoms with van der Waals surface area (Å²) in [7, 11) is 0. The topological polar surface area (TPSA) is 86.6 Å². The van der Waals surface area contributed by atoms with E-state index >= 15 is 0 Å². The minimum Gasteiger partial charge on any atom is -1.00 e. The first-order chi connectivity index (χ1) is 9.08. The molecular weight excluding hydrogens is 286 g/mol. The van der Waals surface area contributed by atoms with Crippen LogP contribution in [0.5, 0.6) is 5.75 Å². The maximum Gasteiger partial charge on any atom is 2.00 e. The van der Waals surface area contributed by atoms with Crippen LogP contribution in [0.2, 0.25) is 0 Å². The van der Waals surface area contributed by atoms with E-state index in [1.807, 2.05) is 0 Å². The largest absolute Gasteiger partial charge is 2.00 e. The van der Waals surface area contributed by atoms with Crippen molar-refractivity contribution < 1.29 is 22.7 Å². The molecule has 20 heavy (non-hydrogen) atoms. The standard InChI is InChI=1S/C14H11NO4.Ca.2H/c16-12-8-10(6-7-11(12)14(18)19)15-13(17)9-4-2-1-3-5-9;;;/h1-8,16H,(H,15,17)(H,18,19);;;/q;+2;2*-1. The van der Waals surface area contributed by atoms with Gasteiger partial charge in [-0.1, -0.05) is 18.2 Å².